The lowest BCUT2D eigenvalue weighted by atomic mass is 10.2. The third-order valence-electron chi connectivity index (χ3n) is 4.05. The van der Waals surface area contributed by atoms with Crippen LogP contribution < -0.4 is 15.6 Å². The van der Waals surface area contributed by atoms with Gasteiger partial charge in [-0.3, -0.25) is 5.41 Å². The number of aromatic nitrogens is 4. The van der Waals surface area contributed by atoms with Crippen LogP contribution in [0.25, 0.3) is 11.0 Å². The lowest BCUT2D eigenvalue weighted by molar-refractivity contribution is 0.0850. The molecule has 0 saturated carbocycles. The Morgan fingerprint density at radius 2 is 1.76 bits per heavy atom. The van der Waals surface area contributed by atoms with Crippen LogP contribution in [0.2, 0.25) is 0 Å². The third-order valence-corrected chi connectivity index (χ3v) is 4.05. The van der Waals surface area contributed by atoms with Gasteiger partial charge in [0.25, 0.3) is 0 Å². The van der Waals surface area contributed by atoms with Crippen LogP contribution in [-0.2, 0) is 6.61 Å². The van der Waals surface area contributed by atoms with Crippen molar-refractivity contribution in [1.82, 2.24) is 19.7 Å². The Bertz CT molecular complexity index is 1220. The Hall–Kier alpha value is -3.96. The smallest absolute Gasteiger partial charge is 0.191 e. The molecule has 0 saturated heterocycles. The summed E-state index contributed by atoms with van der Waals surface area (Å²) in [6.07, 6.45) is 2.80. The van der Waals surface area contributed by atoms with Gasteiger partial charge in [0.05, 0.1) is 11.6 Å². The number of nitrogens with one attached hydrogen (secondary N) is 2. The van der Waals surface area contributed by atoms with Crippen molar-refractivity contribution in [2.75, 3.05) is 5.32 Å². The van der Waals surface area contributed by atoms with Gasteiger partial charge >= 0.3 is 0 Å². The van der Waals surface area contributed by atoms with E-state index in [2.05, 4.69) is 26.3 Å². The molecule has 0 fully saturated rings. The van der Waals surface area contributed by atoms with Gasteiger partial charge in [-0.25, -0.2) is 15.0 Å². The molecule has 0 aliphatic rings. The van der Waals surface area contributed by atoms with Gasteiger partial charge in [0, 0.05) is 5.69 Å². The quantitative estimate of drug-likeness (QED) is 0.527. The zero-order valence-electron chi connectivity index (χ0n) is 15.1. The Morgan fingerprint density at radius 3 is 2.48 bits per heavy atom. The van der Waals surface area contributed by atoms with Crippen molar-refractivity contribution in [3.63, 3.8) is 0 Å². The molecule has 29 heavy (non-hydrogen) atoms. The number of hydrogen-bond donors (Lipinski definition) is 2. The van der Waals surface area contributed by atoms with Gasteiger partial charge in [-0.05, 0) is 29.8 Å². The minimum Gasteiger partial charge on any atom is -0.406 e. The van der Waals surface area contributed by atoms with E-state index in [9.17, 15) is 0 Å². The Kier molecular flexibility index (Phi) is 6.02. The lowest BCUT2D eigenvalue weighted by Gasteiger charge is -2.11. The van der Waals surface area contributed by atoms with Gasteiger partial charge in [-0.2, -0.15) is 9.99 Å². The highest BCUT2D eigenvalue weighted by atomic mass is 35.5. The zero-order valence-corrected chi connectivity index (χ0v) is 15.9. The van der Waals surface area contributed by atoms with Crippen LogP contribution in [0.5, 0.6) is 0 Å². The van der Waals surface area contributed by atoms with Crippen LogP contribution in [0.3, 0.4) is 0 Å². The van der Waals surface area contributed by atoms with Crippen molar-refractivity contribution in [1.29, 1.82) is 10.7 Å². The Labute approximate surface area is 172 Å². The fourth-order valence-electron chi connectivity index (χ4n) is 2.62. The molecule has 144 valence electrons. The number of nitriles is 1. The number of fused-ring (bicyclic) bond motifs is 1. The van der Waals surface area contributed by atoms with Crippen LogP contribution in [0, 0.1) is 16.7 Å². The van der Waals surface area contributed by atoms with Crippen LogP contribution in [0.4, 0.5) is 11.5 Å². The molecule has 0 radical (unpaired) electrons. The van der Waals surface area contributed by atoms with E-state index in [-0.39, 0.29) is 17.9 Å². The highest BCUT2D eigenvalue weighted by Crippen LogP contribution is 2.19. The van der Waals surface area contributed by atoms with Gasteiger partial charge in [0.15, 0.2) is 11.3 Å². The summed E-state index contributed by atoms with van der Waals surface area (Å²) in [5.74, 6) is 0.471. The van der Waals surface area contributed by atoms with Crippen LogP contribution >= 0.6 is 12.4 Å². The molecular formula is C20H16ClN7O. The molecule has 0 atom stereocenters. The third kappa shape index (κ3) is 4.31. The molecule has 2 N–H and O–H groups in total. The van der Waals surface area contributed by atoms with Crippen molar-refractivity contribution in [3.05, 3.63) is 83.9 Å². The van der Waals surface area contributed by atoms with Crippen molar-refractivity contribution < 1.29 is 4.84 Å². The minimum atomic E-state index is 0. The second kappa shape index (κ2) is 8.82. The fourth-order valence-corrected chi connectivity index (χ4v) is 2.62. The molecule has 2 heterocycles. The monoisotopic (exact) mass is 405 g/mol. The predicted molar refractivity (Wildman–Crippen MR) is 110 cm³/mol. The molecule has 8 nitrogen and oxygen atoms in total. The van der Waals surface area contributed by atoms with Crippen LogP contribution in [0.1, 0.15) is 11.1 Å². The number of benzene rings is 2. The summed E-state index contributed by atoms with van der Waals surface area (Å²) in [4.78, 5) is 18.4. The maximum atomic E-state index is 8.90. The first-order chi connectivity index (χ1) is 13.7. The molecule has 0 bridgehead atoms. The minimum absolute atomic E-state index is 0. The Morgan fingerprint density at radius 1 is 1.00 bits per heavy atom. The molecule has 0 unspecified atom stereocenters. The second-order valence-electron chi connectivity index (χ2n) is 5.91. The maximum absolute atomic E-state index is 8.90. The van der Waals surface area contributed by atoms with E-state index >= 15 is 0 Å². The zero-order chi connectivity index (χ0) is 19.3. The maximum Gasteiger partial charge on any atom is 0.191 e. The average Bonchev–Trinajstić information content (AvgIpc) is 2.75. The topological polar surface area (TPSA) is 112 Å². The van der Waals surface area contributed by atoms with E-state index in [0.717, 1.165) is 11.3 Å². The standard InChI is InChI=1S/C20H15N7O.ClH/c21-10-14-6-8-16(9-7-14)26-20-18-17(23-12-24-20)19(22)27(13-25-18)28-11-15-4-2-1-3-5-15;/h1-9,12-13,22H,11H2,(H,23,24,26);1H. The van der Waals surface area contributed by atoms with E-state index in [1.165, 1.54) is 17.4 Å². The average molecular weight is 406 g/mol. The lowest BCUT2D eigenvalue weighted by Crippen LogP contribution is -2.28. The Balaban J connectivity index is 0.00000240. The van der Waals surface area contributed by atoms with E-state index in [1.54, 1.807) is 24.3 Å². The summed E-state index contributed by atoms with van der Waals surface area (Å²) < 4.78 is 1.29. The molecule has 4 aromatic rings. The summed E-state index contributed by atoms with van der Waals surface area (Å²) in [7, 11) is 0. The predicted octanol–water partition coefficient (Wildman–Crippen LogP) is 2.97. The molecule has 0 spiro atoms. The molecule has 9 heteroatoms. The molecule has 0 aliphatic heterocycles. The summed E-state index contributed by atoms with van der Waals surface area (Å²) in [6, 6.07) is 18.7. The van der Waals surface area contributed by atoms with Crippen LogP contribution in [-0.4, -0.2) is 19.7 Å². The van der Waals surface area contributed by atoms with Gasteiger partial charge in [-0.15, -0.1) is 12.4 Å². The van der Waals surface area contributed by atoms with Gasteiger partial charge in [0.1, 0.15) is 30.3 Å². The highest BCUT2D eigenvalue weighted by molar-refractivity contribution is 5.86. The number of nitrogens with zero attached hydrogens (tertiary/aromatic N) is 5. The first kappa shape index (κ1) is 19.8. The fraction of sp³-hybridized carbons (Fsp3) is 0.0500. The van der Waals surface area contributed by atoms with Crippen molar-refractivity contribution >= 4 is 34.9 Å². The first-order valence-corrected chi connectivity index (χ1v) is 8.46. The number of hydrogen-bond acceptors (Lipinski definition) is 7. The molecule has 0 amide bonds. The first-order valence-electron chi connectivity index (χ1n) is 8.46. The van der Waals surface area contributed by atoms with Gasteiger partial charge in [-0.1, -0.05) is 30.3 Å². The SMILES string of the molecule is Cl.N#Cc1ccc(Nc2ncnc3c(=N)n(OCc4ccccc4)cnc23)cc1. The number of anilines is 2. The molecular weight excluding hydrogens is 390 g/mol. The normalized spacial score (nSPS) is 10.0. The largest absolute Gasteiger partial charge is 0.406 e. The van der Waals surface area contributed by atoms with Crippen molar-refractivity contribution in [3.8, 4) is 6.07 Å². The van der Waals surface area contributed by atoms with Gasteiger partial charge < -0.3 is 10.2 Å². The van der Waals surface area contributed by atoms with E-state index in [4.69, 9.17) is 15.5 Å². The molecule has 2 aromatic heterocycles. The summed E-state index contributed by atoms with van der Waals surface area (Å²) >= 11 is 0. The van der Waals surface area contributed by atoms with E-state index in [0.29, 0.717) is 29.0 Å². The van der Waals surface area contributed by atoms with E-state index in [1.807, 2.05) is 30.3 Å². The van der Waals surface area contributed by atoms with E-state index < -0.39 is 0 Å². The molecule has 2 aromatic carbocycles. The summed E-state index contributed by atoms with van der Waals surface area (Å²) in [5.41, 5.74) is 3.20. The number of halogens is 1. The second-order valence-corrected chi connectivity index (χ2v) is 5.91. The van der Waals surface area contributed by atoms with Crippen LogP contribution in [0.15, 0.2) is 67.3 Å². The molecule has 4 rings (SSSR count). The molecule has 0 aliphatic carbocycles. The van der Waals surface area contributed by atoms with Crippen molar-refractivity contribution in [2.24, 2.45) is 0 Å². The van der Waals surface area contributed by atoms with Gasteiger partial charge in [0.2, 0.25) is 0 Å². The highest BCUT2D eigenvalue weighted by Gasteiger charge is 2.10. The number of rotatable bonds is 5. The summed E-state index contributed by atoms with van der Waals surface area (Å²) in [6.45, 7) is 0.312. The summed E-state index contributed by atoms with van der Waals surface area (Å²) in [5, 5.41) is 20.4. The van der Waals surface area contributed by atoms with Crippen molar-refractivity contribution in [2.45, 2.75) is 6.61 Å².